The highest BCUT2D eigenvalue weighted by atomic mass is 14.6. The van der Waals surface area contributed by atoms with Crippen molar-refractivity contribution >= 4 is 54.5 Å². The van der Waals surface area contributed by atoms with E-state index in [1.807, 2.05) is 12.1 Å². The standard InChI is InChI=1S/C20H14N2/c21-15-9-7-12-8-10-16(22)20-14-6-2-4-11-3-1-5-13(17(11)14)19(15)18(12)20/h1-10H,21-22H2. The minimum atomic E-state index is 0.807. The third-order valence-electron chi connectivity index (χ3n) is 4.69. The van der Waals surface area contributed by atoms with Crippen LogP contribution >= 0.6 is 0 Å². The Morgan fingerprint density at radius 1 is 0.455 bits per heavy atom. The van der Waals surface area contributed by atoms with Gasteiger partial charge in [0.05, 0.1) is 0 Å². The van der Waals surface area contributed by atoms with Gasteiger partial charge in [-0.05, 0) is 39.1 Å². The van der Waals surface area contributed by atoms with Gasteiger partial charge in [0.25, 0.3) is 0 Å². The van der Waals surface area contributed by atoms with Gasteiger partial charge < -0.3 is 11.5 Å². The summed E-state index contributed by atoms with van der Waals surface area (Å²) < 4.78 is 0. The van der Waals surface area contributed by atoms with Gasteiger partial charge in [0.2, 0.25) is 0 Å². The summed E-state index contributed by atoms with van der Waals surface area (Å²) in [4.78, 5) is 0. The summed E-state index contributed by atoms with van der Waals surface area (Å²) >= 11 is 0. The van der Waals surface area contributed by atoms with Gasteiger partial charge >= 0.3 is 0 Å². The van der Waals surface area contributed by atoms with Crippen LogP contribution in [0.5, 0.6) is 0 Å². The molecule has 0 unspecified atom stereocenters. The quantitative estimate of drug-likeness (QED) is 0.241. The Bertz CT molecular complexity index is 1100. The fraction of sp³-hybridized carbons (Fsp3) is 0. The average molecular weight is 282 g/mol. The van der Waals surface area contributed by atoms with Crippen molar-refractivity contribution in [3.63, 3.8) is 0 Å². The number of fused-ring (bicyclic) bond motifs is 2. The molecule has 5 rings (SSSR count). The lowest BCUT2D eigenvalue weighted by Gasteiger charge is -2.16. The number of rotatable bonds is 0. The Hall–Kier alpha value is -3.00. The first-order valence-electron chi connectivity index (χ1n) is 7.39. The van der Waals surface area contributed by atoms with Crippen molar-refractivity contribution in [1.29, 1.82) is 0 Å². The van der Waals surface area contributed by atoms with Crippen molar-refractivity contribution < 1.29 is 0 Å². The van der Waals surface area contributed by atoms with Crippen molar-refractivity contribution in [3.05, 3.63) is 60.7 Å². The highest BCUT2D eigenvalue weighted by Gasteiger charge is 2.15. The number of hydrogen-bond acceptors (Lipinski definition) is 2. The minimum absolute atomic E-state index is 0.807. The highest BCUT2D eigenvalue weighted by Crippen LogP contribution is 2.44. The molecule has 2 nitrogen and oxygen atoms in total. The van der Waals surface area contributed by atoms with Gasteiger partial charge in [0.15, 0.2) is 0 Å². The molecule has 0 heterocycles. The van der Waals surface area contributed by atoms with Crippen molar-refractivity contribution in [3.8, 4) is 0 Å². The summed E-state index contributed by atoms with van der Waals surface area (Å²) in [6.07, 6.45) is 0. The molecule has 0 aliphatic rings. The zero-order valence-corrected chi connectivity index (χ0v) is 11.9. The largest absolute Gasteiger partial charge is 0.398 e. The lowest BCUT2D eigenvalue weighted by atomic mass is 9.88. The van der Waals surface area contributed by atoms with Crippen molar-refractivity contribution in [1.82, 2.24) is 0 Å². The van der Waals surface area contributed by atoms with Crippen molar-refractivity contribution in [2.75, 3.05) is 11.5 Å². The predicted octanol–water partition coefficient (Wildman–Crippen LogP) is 4.90. The number of hydrogen-bond donors (Lipinski definition) is 2. The third-order valence-corrected chi connectivity index (χ3v) is 4.69. The van der Waals surface area contributed by atoms with Gasteiger partial charge in [-0.25, -0.2) is 0 Å². The fourth-order valence-electron chi connectivity index (χ4n) is 3.79. The Morgan fingerprint density at radius 2 is 0.955 bits per heavy atom. The lowest BCUT2D eigenvalue weighted by molar-refractivity contribution is 1.75. The first-order chi connectivity index (χ1) is 10.8. The van der Waals surface area contributed by atoms with Crippen LogP contribution in [-0.4, -0.2) is 0 Å². The molecular formula is C20H14N2. The van der Waals surface area contributed by atoms with E-state index in [2.05, 4.69) is 48.5 Å². The van der Waals surface area contributed by atoms with E-state index in [9.17, 15) is 0 Å². The van der Waals surface area contributed by atoms with E-state index in [0.717, 1.165) is 22.1 Å². The van der Waals surface area contributed by atoms with Gasteiger partial charge in [-0.2, -0.15) is 0 Å². The molecule has 0 fully saturated rings. The average Bonchev–Trinajstić information content (AvgIpc) is 2.54. The van der Waals surface area contributed by atoms with Crippen LogP contribution in [0.2, 0.25) is 0 Å². The van der Waals surface area contributed by atoms with Gasteiger partial charge in [0, 0.05) is 27.5 Å². The molecule has 0 amide bonds. The maximum Gasteiger partial charge on any atom is 0.0400 e. The van der Waals surface area contributed by atoms with E-state index in [1.54, 1.807) is 0 Å². The zero-order valence-electron chi connectivity index (χ0n) is 11.9. The summed E-state index contributed by atoms with van der Waals surface area (Å²) in [6.45, 7) is 0. The number of benzene rings is 5. The second-order valence-corrected chi connectivity index (χ2v) is 5.87. The minimum Gasteiger partial charge on any atom is -0.398 e. The second-order valence-electron chi connectivity index (χ2n) is 5.87. The molecule has 4 N–H and O–H groups in total. The molecule has 0 atom stereocenters. The molecule has 0 spiro atoms. The Balaban J connectivity index is 2.34. The molecule has 22 heavy (non-hydrogen) atoms. The number of nitrogen functional groups attached to an aromatic ring is 2. The Morgan fingerprint density at radius 3 is 1.50 bits per heavy atom. The molecule has 0 bridgehead atoms. The van der Waals surface area contributed by atoms with Gasteiger partial charge in [-0.3, -0.25) is 0 Å². The van der Waals surface area contributed by atoms with Crippen LogP contribution in [0, 0.1) is 0 Å². The van der Waals surface area contributed by atoms with E-state index in [1.165, 1.54) is 32.3 Å². The molecule has 5 aromatic carbocycles. The molecule has 0 radical (unpaired) electrons. The lowest BCUT2D eigenvalue weighted by Crippen LogP contribution is -1.95. The van der Waals surface area contributed by atoms with Gasteiger partial charge in [-0.1, -0.05) is 48.5 Å². The summed E-state index contributed by atoms with van der Waals surface area (Å²) in [5, 5.41) is 9.46. The first kappa shape index (κ1) is 11.6. The molecule has 0 aliphatic heterocycles. The van der Waals surface area contributed by atoms with Crippen LogP contribution in [0.15, 0.2) is 60.7 Å². The highest BCUT2D eigenvalue weighted by molar-refractivity contribution is 6.36. The normalized spacial score (nSPS) is 12.0. The van der Waals surface area contributed by atoms with E-state index in [-0.39, 0.29) is 0 Å². The Labute approximate surface area is 127 Å². The van der Waals surface area contributed by atoms with Crippen molar-refractivity contribution in [2.24, 2.45) is 0 Å². The Kier molecular flexibility index (Phi) is 2.01. The molecule has 5 aromatic rings. The number of anilines is 2. The van der Waals surface area contributed by atoms with Crippen LogP contribution in [0.3, 0.4) is 0 Å². The van der Waals surface area contributed by atoms with Gasteiger partial charge in [-0.15, -0.1) is 0 Å². The molecule has 2 heteroatoms. The van der Waals surface area contributed by atoms with Crippen LogP contribution in [0.1, 0.15) is 0 Å². The van der Waals surface area contributed by atoms with Crippen LogP contribution in [0.4, 0.5) is 11.4 Å². The molecule has 0 aromatic heterocycles. The maximum atomic E-state index is 6.34. The smallest absolute Gasteiger partial charge is 0.0400 e. The molecular weight excluding hydrogens is 268 g/mol. The molecule has 0 saturated carbocycles. The molecule has 0 aliphatic carbocycles. The van der Waals surface area contributed by atoms with E-state index in [0.29, 0.717) is 0 Å². The summed E-state index contributed by atoms with van der Waals surface area (Å²) in [7, 11) is 0. The molecule has 104 valence electrons. The SMILES string of the molecule is Nc1ccc2ccc(N)c3c4cccc5cccc(c1c23)c54. The van der Waals surface area contributed by atoms with Crippen LogP contribution in [0.25, 0.3) is 43.1 Å². The summed E-state index contributed by atoms with van der Waals surface area (Å²) in [5.74, 6) is 0. The fourth-order valence-corrected chi connectivity index (χ4v) is 3.79. The molecule has 0 saturated heterocycles. The van der Waals surface area contributed by atoms with E-state index < -0.39 is 0 Å². The second kappa shape index (κ2) is 3.80. The summed E-state index contributed by atoms with van der Waals surface area (Å²) in [5.41, 5.74) is 14.3. The zero-order chi connectivity index (χ0) is 14.8. The van der Waals surface area contributed by atoms with E-state index in [4.69, 9.17) is 11.5 Å². The van der Waals surface area contributed by atoms with E-state index >= 15 is 0 Å². The monoisotopic (exact) mass is 282 g/mol. The van der Waals surface area contributed by atoms with Crippen molar-refractivity contribution in [2.45, 2.75) is 0 Å². The third kappa shape index (κ3) is 1.25. The van der Waals surface area contributed by atoms with Gasteiger partial charge in [0.1, 0.15) is 0 Å². The first-order valence-corrected chi connectivity index (χ1v) is 7.39. The van der Waals surface area contributed by atoms with Crippen LogP contribution in [-0.2, 0) is 0 Å². The maximum absolute atomic E-state index is 6.34. The summed E-state index contributed by atoms with van der Waals surface area (Å²) in [6, 6.07) is 20.9. The predicted molar refractivity (Wildman–Crippen MR) is 96.5 cm³/mol. The topological polar surface area (TPSA) is 52.0 Å². The van der Waals surface area contributed by atoms with Crippen LogP contribution < -0.4 is 11.5 Å². The number of nitrogens with two attached hydrogens (primary N) is 2.